The molecule has 0 amide bonds. The van der Waals surface area contributed by atoms with Crippen molar-refractivity contribution in [2.24, 2.45) is 0 Å². The Kier molecular flexibility index (Phi) is 4.48. The third kappa shape index (κ3) is 2.88. The van der Waals surface area contributed by atoms with Crippen molar-refractivity contribution in [3.63, 3.8) is 0 Å². The quantitative estimate of drug-likeness (QED) is 0.741. The fourth-order valence-corrected chi connectivity index (χ4v) is 1.51. The fraction of sp³-hybridized carbons (Fsp3) is 0.636. The van der Waals surface area contributed by atoms with Crippen molar-refractivity contribution in [3.05, 3.63) is 17.5 Å². The van der Waals surface area contributed by atoms with E-state index in [0.717, 1.165) is 0 Å². The maximum Gasteiger partial charge on any atom is 0.364 e. The molecule has 1 aromatic heterocycles. The van der Waals surface area contributed by atoms with Crippen LogP contribution in [0.15, 0.2) is 6.07 Å². The highest BCUT2D eigenvalue weighted by Gasteiger charge is 2.48. The predicted molar refractivity (Wildman–Crippen MR) is 56.9 cm³/mol. The van der Waals surface area contributed by atoms with Crippen molar-refractivity contribution in [1.29, 1.82) is 0 Å². The number of aryl methyl sites for hydroxylation is 2. The molecular weight excluding hydrogens is 252 g/mol. The second kappa shape index (κ2) is 5.49. The smallest absolute Gasteiger partial charge is 0.292 e. The van der Waals surface area contributed by atoms with E-state index in [2.05, 4.69) is 5.10 Å². The zero-order chi connectivity index (χ0) is 13.9. The summed E-state index contributed by atoms with van der Waals surface area (Å²) < 4.78 is 51.1. The molecule has 0 aliphatic carbocycles. The maximum absolute atomic E-state index is 12.8. The molecule has 0 fully saturated rings. The zero-order valence-corrected chi connectivity index (χ0v) is 10.1. The highest BCUT2D eigenvalue weighted by atomic mass is 19.3. The fourth-order valence-electron chi connectivity index (χ4n) is 1.51. The Morgan fingerprint density at radius 3 is 2.50 bits per heavy atom. The summed E-state index contributed by atoms with van der Waals surface area (Å²) in [6, 6.07) is 1.49. The zero-order valence-electron chi connectivity index (χ0n) is 10.1. The van der Waals surface area contributed by atoms with E-state index in [1.54, 1.807) is 6.92 Å². The van der Waals surface area contributed by atoms with Crippen molar-refractivity contribution in [1.82, 2.24) is 9.78 Å². The number of hydrogen-bond donors (Lipinski definition) is 0. The summed E-state index contributed by atoms with van der Waals surface area (Å²) in [6.07, 6.45) is -4.13. The minimum absolute atomic E-state index is 0.236. The normalized spacial score (nSPS) is 12.2. The number of halogens is 4. The van der Waals surface area contributed by atoms with Crippen LogP contribution in [0.4, 0.5) is 17.6 Å². The van der Waals surface area contributed by atoms with Gasteiger partial charge in [-0.15, -0.1) is 0 Å². The van der Waals surface area contributed by atoms with Crippen molar-refractivity contribution in [3.8, 4) is 0 Å². The van der Waals surface area contributed by atoms with Gasteiger partial charge in [-0.25, -0.2) is 8.78 Å². The Balaban J connectivity index is 2.91. The minimum atomic E-state index is -4.60. The molecule has 1 heterocycles. The summed E-state index contributed by atoms with van der Waals surface area (Å²) in [6.45, 7) is 3.94. The van der Waals surface area contributed by atoms with E-state index >= 15 is 0 Å². The minimum Gasteiger partial charge on any atom is -0.292 e. The lowest BCUT2D eigenvalue weighted by atomic mass is 10.1. The van der Waals surface area contributed by atoms with Gasteiger partial charge >= 0.3 is 12.3 Å². The van der Waals surface area contributed by atoms with E-state index in [9.17, 15) is 22.4 Å². The molecule has 3 nitrogen and oxygen atoms in total. The Morgan fingerprint density at radius 2 is 2.06 bits per heavy atom. The molecule has 0 aliphatic rings. The second-order valence-electron chi connectivity index (χ2n) is 3.82. The average Bonchev–Trinajstić information content (AvgIpc) is 2.71. The van der Waals surface area contributed by atoms with Gasteiger partial charge in [0, 0.05) is 12.2 Å². The summed E-state index contributed by atoms with van der Waals surface area (Å²) in [5.41, 5.74) is 0.875. The van der Waals surface area contributed by atoms with Crippen molar-refractivity contribution in [2.45, 2.75) is 45.6 Å². The number of ketones is 1. The van der Waals surface area contributed by atoms with Crippen LogP contribution < -0.4 is 0 Å². The average molecular weight is 266 g/mol. The van der Waals surface area contributed by atoms with Gasteiger partial charge in [-0.2, -0.15) is 13.9 Å². The molecular formula is C11H14F4N2O. The molecule has 18 heavy (non-hydrogen) atoms. The molecule has 0 radical (unpaired) electrons. The van der Waals surface area contributed by atoms with E-state index in [4.69, 9.17) is 0 Å². The van der Waals surface area contributed by atoms with Crippen molar-refractivity contribution >= 4 is 5.78 Å². The number of nitrogens with zero attached hydrogens (tertiary/aromatic N) is 2. The molecule has 0 aromatic carbocycles. The lowest BCUT2D eigenvalue weighted by molar-refractivity contribution is -0.166. The first kappa shape index (κ1) is 14.7. The number of Topliss-reactive ketones (excluding diaryl/α,β-unsaturated/α-hetero) is 1. The van der Waals surface area contributed by atoms with E-state index in [1.807, 2.05) is 6.92 Å². The van der Waals surface area contributed by atoms with Gasteiger partial charge in [-0.05, 0) is 19.4 Å². The standard InChI is InChI=1S/C11H14F4N2O/c1-3-7-5-8(17(4-2)16-7)6-9(18)11(14,15)10(12)13/h5,10H,3-4,6H2,1-2H3. The Morgan fingerprint density at radius 1 is 1.44 bits per heavy atom. The van der Waals surface area contributed by atoms with Crippen LogP contribution in [0, 0.1) is 0 Å². The molecule has 0 N–H and O–H groups in total. The molecule has 102 valence electrons. The largest absolute Gasteiger partial charge is 0.364 e. The summed E-state index contributed by atoms with van der Waals surface area (Å²) in [7, 11) is 0. The van der Waals surface area contributed by atoms with Gasteiger partial charge in [0.05, 0.1) is 12.1 Å². The van der Waals surface area contributed by atoms with Gasteiger partial charge in [-0.1, -0.05) is 6.92 Å². The molecule has 1 rings (SSSR count). The van der Waals surface area contributed by atoms with Crippen LogP contribution in [0.1, 0.15) is 25.2 Å². The van der Waals surface area contributed by atoms with Gasteiger partial charge in [0.25, 0.3) is 0 Å². The summed E-state index contributed by atoms with van der Waals surface area (Å²) in [4.78, 5) is 11.2. The van der Waals surface area contributed by atoms with Crippen molar-refractivity contribution < 1.29 is 22.4 Å². The lowest BCUT2D eigenvalue weighted by Crippen LogP contribution is -2.38. The Hall–Kier alpha value is -1.40. The molecule has 0 saturated carbocycles. The van der Waals surface area contributed by atoms with Gasteiger partial charge < -0.3 is 0 Å². The Labute approximate surface area is 102 Å². The van der Waals surface area contributed by atoms with E-state index in [-0.39, 0.29) is 5.69 Å². The van der Waals surface area contributed by atoms with Crippen LogP contribution in [0.3, 0.4) is 0 Å². The van der Waals surface area contributed by atoms with E-state index < -0.39 is 24.6 Å². The van der Waals surface area contributed by atoms with E-state index in [1.165, 1.54) is 10.7 Å². The van der Waals surface area contributed by atoms with Crippen LogP contribution >= 0.6 is 0 Å². The number of carbonyl (C=O) groups is 1. The number of carbonyl (C=O) groups excluding carboxylic acids is 1. The second-order valence-corrected chi connectivity index (χ2v) is 3.82. The molecule has 0 bridgehead atoms. The molecule has 0 unspecified atom stereocenters. The molecule has 7 heteroatoms. The first-order valence-corrected chi connectivity index (χ1v) is 5.57. The number of hydrogen-bond acceptors (Lipinski definition) is 2. The maximum atomic E-state index is 12.8. The number of aromatic nitrogens is 2. The Bertz CT molecular complexity index is 429. The SMILES string of the molecule is CCc1cc(CC(=O)C(F)(F)C(F)F)n(CC)n1. The van der Waals surface area contributed by atoms with Crippen molar-refractivity contribution in [2.75, 3.05) is 0 Å². The third-order valence-electron chi connectivity index (χ3n) is 2.56. The van der Waals surface area contributed by atoms with Crippen LogP contribution in [0.5, 0.6) is 0 Å². The molecule has 0 atom stereocenters. The van der Waals surface area contributed by atoms with Gasteiger partial charge in [0.2, 0.25) is 5.78 Å². The van der Waals surface area contributed by atoms with Crippen LogP contribution in [0.2, 0.25) is 0 Å². The monoisotopic (exact) mass is 266 g/mol. The van der Waals surface area contributed by atoms with E-state index in [0.29, 0.717) is 18.7 Å². The molecule has 1 aromatic rings. The highest BCUT2D eigenvalue weighted by Crippen LogP contribution is 2.25. The third-order valence-corrected chi connectivity index (χ3v) is 2.56. The lowest BCUT2D eigenvalue weighted by Gasteiger charge is -2.13. The summed E-state index contributed by atoms with van der Waals surface area (Å²) in [5, 5.41) is 4.06. The molecule has 0 aliphatic heterocycles. The van der Waals surface area contributed by atoms with Crippen LogP contribution in [-0.2, 0) is 24.2 Å². The molecule has 0 saturated heterocycles. The topological polar surface area (TPSA) is 34.9 Å². The van der Waals surface area contributed by atoms with Gasteiger partial charge in [0.15, 0.2) is 0 Å². The van der Waals surface area contributed by atoms with Crippen LogP contribution in [-0.4, -0.2) is 27.9 Å². The van der Waals surface area contributed by atoms with Gasteiger partial charge in [0.1, 0.15) is 0 Å². The first-order chi connectivity index (χ1) is 8.32. The number of rotatable bonds is 6. The first-order valence-electron chi connectivity index (χ1n) is 5.57. The van der Waals surface area contributed by atoms with Crippen LogP contribution in [0.25, 0.3) is 0 Å². The molecule has 0 spiro atoms. The highest BCUT2D eigenvalue weighted by molar-refractivity contribution is 5.87. The summed E-state index contributed by atoms with van der Waals surface area (Å²) in [5.74, 6) is -6.38. The summed E-state index contributed by atoms with van der Waals surface area (Å²) >= 11 is 0. The predicted octanol–water partition coefficient (Wildman–Crippen LogP) is 2.48. The van der Waals surface area contributed by atoms with Gasteiger partial charge in [-0.3, -0.25) is 9.48 Å². The number of alkyl halides is 4.